The summed E-state index contributed by atoms with van der Waals surface area (Å²) >= 11 is 0. The Kier molecular flexibility index (Phi) is 3.74. The summed E-state index contributed by atoms with van der Waals surface area (Å²) < 4.78 is 7.75. The molecule has 1 aliphatic heterocycles. The van der Waals surface area contributed by atoms with Gasteiger partial charge < -0.3 is 14.0 Å². The quantitative estimate of drug-likeness (QED) is 0.726. The molecule has 0 bridgehead atoms. The van der Waals surface area contributed by atoms with Gasteiger partial charge in [-0.15, -0.1) is 0 Å². The van der Waals surface area contributed by atoms with Crippen LogP contribution < -0.4 is 0 Å². The van der Waals surface area contributed by atoms with Crippen molar-refractivity contribution in [1.82, 2.24) is 19.3 Å². The van der Waals surface area contributed by atoms with E-state index in [0.717, 1.165) is 16.9 Å². The lowest BCUT2D eigenvalue weighted by Gasteiger charge is -2.32. The van der Waals surface area contributed by atoms with Gasteiger partial charge in [0.05, 0.1) is 18.8 Å². The van der Waals surface area contributed by atoms with Crippen molar-refractivity contribution in [2.75, 3.05) is 19.7 Å². The third kappa shape index (κ3) is 2.55. The summed E-state index contributed by atoms with van der Waals surface area (Å²) in [5.41, 5.74) is 3.14. The molecular formula is C18H18N4O2. The van der Waals surface area contributed by atoms with E-state index in [1.165, 1.54) is 0 Å². The standard InChI is InChI=1S/C18H18N4O2/c1-13-17(20-16-6-2-3-8-22(13)16)18(23)21-9-10-24-15(12-21)14-5-4-7-19-11-14/h2-8,11,15H,9-10,12H2,1H3. The number of imidazole rings is 1. The van der Waals surface area contributed by atoms with Gasteiger partial charge in [0, 0.05) is 30.7 Å². The smallest absolute Gasteiger partial charge is 0.274 e. The highest BCUT2D eigenvalue weighted by atomic mass is 16.5. The SMILES string of the molecule is Cc1c(C(=O)N2CCOC(c3cccnc3)C2)nc2ccccn12. The average molecular weight is 322 g/mol. The van der Waals surface area contributed by atoms with E-state index in [9.17, 15) is 4.79 Å². The Morgan fingerprint density at radius 3 is 3.00 bits per heavy atom. The number of aromatic nitrogens is 3. The third-order valence-electron chi connectivity index (χ3n) is 4.38. The van der Waals surface area contributed by atoms with Crippen LogP contribution in [-0.4, -0.2) is 44.9 Å². The first-order valence-electron chi connectivity index (χ1n) is 7.98. The van der Waals surface area contributed by atoms with Gasteiger partial charge in [-0.3, -0.25) is 9.78 Å². The molecule has 0 radical (unpaired) electrons. The van der Waals surface area contributed by atoms with E-state index in [0.29, 0.717) is 25.4 Å². The van der Waals surface area contributed by atoms with Crippen LogP contribution in [0.15, 0.2) is 48.9 Å². The number of carbonyl (C=O) groups is 1. The average Bonchev–Trinajstić information content (AvgIpc) is 2.99. The molecule has 4 rings (SSSR count). The van der Waals surface area contributed by atoms with Crippen LogP contribution in [0.25, 0.3) is 5.65 Å². The molecule has 6 nitrogen and oxygen atoms in total. The maximum absolute atomic E-state index is 12.9. The first kappa shape index (κ1) is 14.8. The molecule has 6 heteroatoms. The first-order chi connectivity index (χ1) is 11.7. The number of amides is 1. The minimum atomic E-state index is -0.145. The number of morpholine rings is 1. The van der Waals surface area contributed by atoms with Crippen LogP contribution in [0.4, 0.5) is 0 Å². The van der Waals surface area contributed by atoms with Crippen LogP contribution in [0.1, 0.15) is 27.8 Å². The van der Waals surface area contributed by atoms with Gasteiger partial charge in [0.25, 0.3) is 5.91 Å². The number of ether oxygens (including phenoxy) is 1. The summed E-state index contributed by atoms with van der Waals surface area (Å²) in [6, 6.07) is 9.61. The number of nitrogens with zero attached hydrogens (tertiary/aromatic N) is 4. The number of pyridine rings is 2. The van der Waals surface area contributed by atoms with Gasteiger partial charge in [0.1, 0.15) is 17.4 Å². The molecule has 3 aromatic rings. The predicted octanol–water partition coefficient (Wildman–Crippen LogP) is 2.25. The molecule has 0 N–H and O–H groups in total. The fourth-order valence-electron chi connectivity index (χ4n) is 3.07. The highest BCUT2D eigenvalue weighted by Crippen LogP contribution is 2.23. The zero-order chi connectivity index (χ0) is 16.5. The summed E-state index contributed by atoms with van der Waals surface area (Å²) in [4.78, 5) is 23.4. The van der Waals surface area contributed by atoms with E-state index >= 15 is 0 Å². The van der Waals surface area contributed by atoms with E-state index in [1.54, 1.807) is 12.4 Å². The van der Waals surface area contributed by atoms with Crippen molar-refractivity contribution in [1.29, 1.82) is 0 Å². The normalized spacial score (nSPS) is 18.0. The van der Waals surface area contributed by atoms with Gasteiger partial charge in [0.2, 0.25) is 0 Å². The monoisotopic (exact) mass is 322 g/mol. The Morgan fingerprint density at radius 1 is 1.29 bits per heavy atom. The number of hydrogen-bond donors (Lipinski definition) is 0. The Balaban J connectivity index is 1.60. The van der Waals surface area contributed by atoms with Crippen molar-refractivity contribution in [3.05, 3.63) is 65.9 Å². The maximum Gasteiger partial charge on any atom is 0.274 e. The number of aryl methyl sites for hydroxylation is 1. The predicted molar refractivity (Wildman–Crippen MR) is 88.8 cm³/mol. The van der Waals surface area contributed by atoms with Gasteiger partial charge in [0.15, 0.2) is 0 Å². The topological polar surface area (TPSA) is 59.7 Å². The largest absolute Gasteiger partial charge is 0.370 e. The molecule has 122 valence electrons. The van der Waals surface area contributed by atoms with Crippen LogP contribution in [0.5, 0.6) is 0 Å². The van der Waals surface area contributed by atoms with Gasteiger partial charge in [-0.25, -0.2) is 4.98 Å². The van der Waals surface area contributed by atoms with E-state index < -0.39 is 0 Å². The Labute approximate surface area is 139 Å². The minimum Gasteiger partial charge on any atom is -0.370 e. The Morgan fingerprint density at radius 2 is 2.21 bits per heavy atom. The number of fused-ring (bicyclic) bond motifs is 1. The Bertz CT molecular complexity index is 875. The molecule has 0 spiro atoms. The molecule has 0 saturated carbocycles. The highest BCUT2D eigenvalue weighted by Gasteiger charge is 2.28. The van der Waals surface area contributed by atoms with E-state index in [2.05, 4.69) is 9.97 Å². The van der Waals surface area contributed by atoms with Crippen LogP contribution in [-0.2, 0) is 4.74 Å². The molecule has 1 fully saturated rings. The summed E-state index contributed by atoms with van der Waals surface area (Å²) in [5, 5.41) is 0. The molecule has 1 atom stereocenters. The van der Waals surface area contributed by atoms with Crippen molar-refractivity contribution < 1.29 is 9.53 Å². The number of rotatable bonds is 2. The van der Waals surface area contributed by atoms with Crippen molar-refractivity contribution in [3.8, 4) is 0 Å². The van der Waals surface area contributed by atoms with Gasteiger partial charge in [-0.05, 0) is 25.1 Å². The second-order valence-electron chi connectivity index (χ2n) is 5.87. The van der Waals surface area contributed by atoms with Gasteiger partial charge in [-0.1, -0.05) is 12.1 Å². The molecule has 1 saturated heterocycles. The Hall–Kier alpha value is -2.73. The van der Waals surface area contributed by atoms with Crippen molar-refractivity contribution in [3.63, 3.8) is 0 Å². The lowest BCUT2D eigenvalue weighted by atomic mass is 10.1. The lowest BCUT2D eigenvalue weighted by Crippen LogP contribution is -2.42. The molecule has 0 aliphatic carbocycles. The summed E-state index contributed by atoms with van der Waals surface area (Å²) in [6.07, 6.45) is 5.30. The second kappa shape index (κ2) is 6.05. The van der Waals surface area contributed by atoms with Crippen LogP contribution in [0.2, 0.25) is 0 Å². The molecule has 4 heterocycles. The fraction of sp³-hybridized carbons (Fsp3) is 0.278. The van der Waals surface area contributed by atoms with Crippen LogP contribution >= 0.6 is 0 Å². The zero-order valence-electron chi connectivity index (χ0n) is 13.4. The molecule has 24 heavy (non-hydrogen) atoms. The summed E-state index contributed by atoms with van der Waals surface area (Å²) in [7, 11) is 0. The molecule has 1 aliphatic rings. The van der Waals surface area contributed by atoms with Crippen molar-refractivity contribution >= 4 is 11.6 Å². The van der Waals surface area contributed by atoms with Gasteiger partial charge in [-0.2, -0.15) is 0 Å². The summed E-state index contributed by atoms with van der Waals surface area (Å²) in [6.45, 7) is 3.52. The van der Waals surface area contributed by atoms with Gasteiger partial charge >= 0.3 is 0 Å². The van der Waals surface area contributed by atoms with Crippen molar-refractivity contribution in [2.24, 2.45) is 0 Å². The fourth-order valence-corrected chi connectivity index (χ4v) is 3.07. The van der Waals surface area contributed by atoms with E-state index in [-0.39, 0.29) is 12.0 Å². The van der Waals surface area contributed by atoms with E-state index in [4.69, 9.17) is 4.74 Å². The summed E-state index contributed by atoms with van der Waals surface area (Å²) in [5.74, 6) is -0.0478. The second-order valence-corrected chi connectivity index (χ2v) is 5.87. The number of hydrogen-bond acceptors (Lipinski definition) is 4. The molecule has 1 amide bonds. The minimum absolute atomic E-state index is 0.0478. The zero-order valence-corrected chi connectivity index (χ0v) is 13.4. The van der Waals surface area contributed by atoms with Crippen LogP contribution in [0, 0.1) is 6.92 Å². The third-order valence-corrected chi connectivity index (χ3v) is 4.38. The molecular weight excluding hydrogens is 304 g/mol. The number of carbonyl (C=O) groups excluding carboxylic acids is 1. The molecule has 3 aromatic heterocycles. The lowest BCUT2D eigenvalue weighted by molar-refractivity contribution is -0.0231. The maximum atomic E-state index is 12.9. The first-order valence-corrected chi connectivity index (χ1v) is 7.98. The molecule has 1 unspecified atom stereocenters. The van der Waals surface area contributed by atoms with Crippen molar-refractivity contribution in [2.45, 2.75) is 13.0 Å². The highest BCUT2D eigenvalue weighted by molar-refractivity contribution is 5.94. The van der Waals surface area contributed by atoms with Crippen LogP contribution in [0.3, 0.4) is 0 Å². The molecule has 0 aromatic carbocycles. The van der Waals surface area contributed by atoms with E-state index in [1.807, 2.05) is 52.8 Å².